The van der Waals surface area contributed by atoms with Gasteiger partial charge in [-0.15, -0.1) is 0 Å². The molecule has 0 unspecified atom stereocenters. The van der Waals surface area contributed by atoms with Crippen molar-refractivity contribution < 1.29 is 9.31 Å². The van der Waals surface area contributed by atoms with Crippen molar-refractivity contribution in [3.05, 3.63) is 29.3 Å². The molecular formula is C14H20BBrO2. The van der Waals surface area contributed by atoms with Gasteiger partial charge in [-0.3, -0.25) is 0 Å². The van der Waals surface area contributed by atoms with E-state index in [0.29, 0.717) is 0 Å². The summed E-state index contributed by atoms with van der Waals surface area (Å²) < 4.78 is 12.3. The predicted molar refractivity (Wildman–Crippen MR) is 79.5 cm³/mol. The van der Waals surface area contributed by atoms with Crippen LogP contribution in [0.15, 0.2) is 18.2 Å². The third-order valence-electron chi connectivity index (χ3n) is 4.05. The van der Waals surface area contributed by atoms with Crippen LogP contribution in [0.3, 0.4) is 0 Å². The molecule has 1 saturated heterocycles. The highest BCUT2D eigenvalue weighted by Gasteiger charge is 2.52. The Balaban J connectivity index is 2.41. The Labute approximate surface area is 118 Å². The van der Waals surface area contributed by atoms with E-state index in [1.165, 1.54) is 11.1 Å². The molecule has 1 aromatic carbocycles. The first-order valence-electron chi connectivity index (χ1n) is 6.28. The third-order valence-corrected chi connectivity index (χ3v) is 4.65. The van der Waals surface area contributed by atoms with E-state index in [9.17, 15) is 0 Å². The molecule has 1 aromatic rings. The minimum absolute atomic E-state index is 0.274. The lowest BCUT2D eigenvalue weighted by atomic mass is 9.73. The molecule has 0 aliphatic carbocycles. The van der Waals surface area contributed by atoms with Gasteiger partial charge >= 0.3 is 7.12 Å². The molecule has 0 spiro atoms. The highest BCUT2D eigenvalue weighted by atomic mass is 79.9. The smallest absolute Gasteiger partial charge is 0.399 e. The summed E-state index contributed by atoms with van der Waals surface area (Å²) in [6, 6.07) is 6.29. The molecule has 0 aromatic heterocycles. The van der Waals surface area contributed by atoms with Gasteiger partial charge < -0.3 is 9.31 Å². The predicted octanol–water partition coefficient (Wildman–Crippen LogP) is 3.19. The van der Waals surface area contributed by atoms with Gasteiger partial charge in [0.05, 0.1) is 11.2 Å². The second-order valence-corrected chi connectivity index (χ2v) is 6.43. The van der Waals surface area contributed by atoms with Crippen LogP contribution in [0.1, 0.15) is 38.8 Å². The summed E-state index contributed by atoms with van der Waals surface area (Å²) in [6.45, 7) is 10.4. The maximum absolute atomic E-state index is 6.13. The molecule has 0 saturated carbocycles. The van der Waals surface area contributed by atoms with Crippen molar-refractivity contribution in [2.24, 2.45) is 0 Å². The van der Waals surface area contributed by atoms with Crippen LogP contribution in [0, 0.1) is 6.92 Å². The van der Waals surface area contributed by atoms with Crippen LogP contribution >= 0.6 is 15.9 Å². The summed E-state index contributed by atoms with van der Waals surface area (Å²) in [5.41, 5.74) is 3.03. The number of hydrogen-bond acceptors (Lipinski definition) is 2. The summed E-state index contributed by atoms with van der Waals surface area (Å²) >= 11 is 3.54. The number of alkyl halides is 1. The van der Waals surface area contributed by atoms with Gasteiger partial charge in [-0.2, -0.15) is 0 Å². The standard InChI is InChI=1S/C14H20BBrO2/c1-10-7-6-8-11(9-16)12(10)15-17-13(2,3)14(4,5)18-15/h6-8H,9H2,1-5H3. The Bertz CT molecular complexity index is 441. The number of rotatable bonds is 2. The first-order chi connectivity index (χ1) is 8.28. The summed E-state index contributed by atoms with van der Waals surface area (Å²) in [5.74, 6) is 0. The highest BCUT2D eigenvalue weighted by molar-refractivity contribution is 9.08. The van der Waals surface area contributed by atoms with E-state index in [4.69, 9.17) is 9.31 Å². The molecule has 0 radical (unpaired) electrons. The lowest BCUT2D eigenvalue weighted by Crippen LogP contribution is -2.41. The fraction of sp³-hybridized carbons (Fsp3) is 0.571. The van der Waals surface area contributed by atoms with E-state index in [2.05, 4.69) is 68.7 Å². The van der Waals surface area contributed by atoms with E-state index >= 15 is 0 Å². The molecule has 1 aliphatic heterocycles. The Morgan fingerprint density at radius 2 is 1.67 bits per heavy atom. The van der Waals surface area contributed by atoms with Crippen molar-refractivity contribution in [3.8, 4) is 0 Å². The molecule has 0 bridgehead atoms. The zero-order valence-electron chi connectivity index (χ0n) is 11.7. The fourth-order valence-electron chi connectivity index (χ4n) is 2.16. The van der Waals surface area contributed by atoms with Crippen LogP contribution in [0.4, 0.5) is 0 Å². The van der Waals surface area contributed by atoms with Gasteiger partial charge in [0.25, 0.3) is 0 Å². The van der Waals surface area contributed by atoms with Gasteiger partial charge in [0.1, 0.15) is 0 Å². The van der Waals surface area contributed by atoms with E-state index < -0.39 is 0 Å². The molecule has 18 heavy (non-hydrogen) atoms. The van der Waals surface area contributed by atoms with E-state index in [1.807, 2.05) is 0 Å². The number of benzene rings is 1. The van der Waals surface area contributed by atoms with Gasteiger partial charge in [0.15, 0.2) is 0 Å². The van der Waals surface area contributed by atoms with Crippen LogP contribution < -0.4 is 5.46 Å². The van der Waals surface area contributed by atoms with Crippen molar-refractivity contribution >= 4 is 28.5 Å². The molecule has 1 aliphatic rings. The van der Waals surface area contributed by atoms with E-state index in [0.717, 1.165) is 10.8 Å². The normalized spacial score (nSPS) is 21.3. The Kier molecular flexibility index (Phi) is 3.65. The second-order valence-electron chi connectivity index (χ2n) is 5.87. The minimum atomic E-state index is -0.288. The molecule has 2 rings (SSSR count). The average molecular weight is 311 g/mol. The molecule has 1 heterocycles. The molecule has 1 fully saturated rings. The number of aryl methyl sites for hydroxylation is 1. The third kappa shape index (κ3) is 2.26. The largest absolute Gasteiger partial charge is 0.495 e. The first kappa shape index (κ1) is 14.1. The van der Waals surface area contributed by atoms with Crippen molar-refractivity contribution in [1.82, 2.24) is 0 Å². The molecule has 4 heteroatoms. The summed E-state index contributed by atoms with van der Waals surface area (Å²) in [7, 11) is -0.274. The monoisotopic (exact) mass is 310 g/mol. The lowest BCUT2D eigenvalue weighted by Gasteiger charge is -2.32. The van der Waals surface area contributed by atoms with Gasteiger partial charge in [-0.05, 0) is 45.6 Å². The Morgan fingerprint density at radius 1 is 1.11 bits per heavy atom. The molecule has 2 nitrogen and oxygen atoms in total. The van der Waals surface area contributed by atoms with Gasteiger partial charge in [0.2, 0.25) is 0 Å². The Hall–Kier alpha value is -0.315. The average Bonchev–Trinajstić information content (AvgIpc) is 2.47. The topological polar surface area (TPSA) is 18.5 Å². The molecule has 0 amide bonds. The number of halogens is 1. The van der Waals surface area contributed by atoms with Gasteiger partial charge in [0, 0.05) is 5.33 Å². The summed E-state index contributed by atoms with van der Waals surface area (Å²) in [5, 5.41) is 0.814. The van der Waals surface area contributed by atoms with Crippen LogP contribution in [0.5, 0.6) is 0 Å². The minimum Gasteiger partial charge on any atom is -0.399 e. The second kappa shape index (κ2) is 4.66. The van der Waals surface area contributed by atoms with Gasteiger partial charge in [-0.1, -0.05) is 39.7 Å². The first-order valence-corrected chi connectivity index (χ1v) is 7.40. The fourth-order valence-corrected chi connectivity index (χ4v) is 2.65. The molecule has 98 valence electrons. The molecular weight excluding hydrogens is 291 g/mol. The zero-order chi connectivity index (χ0) is 13.6. The van der Waals surface area contributed by atoms with Crippen molar-refractivity contribution in [3.63, 3.8) is 0 Å². The summed E-state index contributed by atoms with van der Waals surface area (Å²) in [6.07, 6.45) is 0. The SMILES string of the molecule is Cc1cccc(CBr)c1B1OC(C)(C)C(C)(C)O1. The lowest BCUT2D eigenvalue weighted by molar-refractivity contribution is 0.00578. The number of hydrogen-bond donors (Lipinski definition) is 0. The van der Waals surface area contributed by atoms with Crippen LogP contribution in [0.25, 0.3) is 0 Å². The van der Waals surface area contributed by atoms with E-state index in [1.54, 1.807) is 0 Å². The quantitative estimate of drug-likeness (QED) is 0.617. The van der Waals surface area contributed by atoms with Crippen LogP contribution in [0.2, 0.25) is 0 Å². The van der Waals surface area contributed by atoms with Crippen LogP contribution in [-0.4, -0.2) is 18.3 Å². The van der Waals surface area contributed by atoms with Crippen molar-refractivity contribution in [2.75, 3.05) is 0 Å². The van der Waals surface area contributed by atoms with Gasteiger partial charge in [-0.25, -0.2) is 0 Å². The molecule has 0 N–H and O–H groups in total. The molecule has 0 atom stereocenters. The zero-order valence-corrected chi connectivity index (χ0v) is 13.3. The maximum Gasteiger partial charge on any atom is 0.495 e. The Morgan fingerprint density at radius 3 is 2.17 bits per heavy atom. The van der Waals surface area contributed by atoms with Crippen molar-refractivity contribution in [1.29, 1.82) is 0 Å². The highest BCUT2D eigenvalue weighted by Crippen LogP contribution is 2.37. The van der Waals surface area contributed by atoms with Crippen LogP contribution in [-0.2, 0) is 14.6 Å². The van der Waals surface area contributed by atoms with Crippen molar-refractivity contribution in [2.45, 2.75) is 51.2 Å². The maximum atomic E-state index is 6.13. The van der Waals surface area contributed by atoms with E-state index in [-0.39, 0.29) is 18.3 Å². The summed E-state index contributed by atoms with van der Waals surface area (Å²) in [4.78, 5) is 0.